The topological polar surface area (TPSA) is 70.2 Å². The van der Waals surface area contributed by atoms with E-state index >= 15 is 0 Å². The Labute approximate surface area is 99.5 Å². The third-order valence-electron chi connectivity index (χ3n) is 2.37. The molecule has 18 heavy (non-hydrogen) atoms. The van der Waals surface area contributed by atoms with E-state index in [0.717, 1.165) is 18.2 Å². The number of nitrogens with one attached hydrogen (secondary N) is 1. The minimum Gasteiger partial charge on any atom is -0.477 e. The Balaban J connectivity index is 2.75. The van der Waals surface area contributed by atoms with E-state index in [1.807, 2.05) is 0 Å². The number of rotatable bonds is 2. The second kappa shape index (κ2) is 4.40. The van der Waals surface area contributed by atoms with Gasteiger partial charge in [-0.1, -0.05) is 12.1 Å². The number of carboxylic acid groups (broad SMARTS) is 1. The summed E-state index contributed by atoms with van der Waals surface area (Å²) in [6, 6.07) is 5.60. The van der Waals surface area contributed by atoms with Gasteiger partial charge in [-0.2, -0.15) is 0 Å². The maximum absolute atomic E-state index is 13.6. The number of H-pyrrole nitrogens is 1. The van der Waals surface area contributed by atoms with E-state index in [1.165, 1.54) is 12.1 Å². The molecule has 1 heterocycles. The second-order valence-electron chi connectivity index (χ2n) is 3.52. The van der Waals surface area contributed by atoms with E-state index in [2.05, 4.69) is 4.98 Å². The van der Waals surface area contributed by atoms with Crippen molar-refractivity contribution in [3.05, 3.63) is 58.0 Å². The highest BCUT2D eigenvalue weighted by molar-refractivity contribution is 5.93. The highest BCUT2D eigenvalue weighted by atomic mass is 19.2. The summed E-state index contributed by atoms with van der Waals surface area (Å²) in [5.41, 5.74) is -1.41. The quantitative estimate of drug-likeness (QED) is 0.857. The van der Waals surface area contributed by atoms with Crippen LogP contribution in [0.5, 0.6) is 0 Å². The summed E-state index contributed by atoms with van der Waals surface area (Å²) in [6.07, 6.45) is 0. The highest BCUT2D eigenvalue weighted by Gasteiger charge is 2.17. The molecule has 0 aliphatic carbocycles. The van der Waals surface area contributed by atoms with Crippen LogP contribution < -0.4 is 5.56 Å². The van der Waals surface area contributed by atoms with Gasteiger partial charge in [0.2, 0.25) is 5.56 Å². The SMILES string of the molecule is O=C(O)c1[nH]c(=O)ccc1-c1cccc(F)c1F. The smallest absolute Gasteiger partial charge is 0.353 e. The zero-order valence-electron chi connectivity index (χ0n) is 8.91. The minimum atomic E-state index is -1.42. The van der Waals surface area contributed by atoms with Crippen molar-refractivity contribution in [3.63, 3.8) is 0 Å². The Hall–Kier alpha value is -2.50. The van der Waals surface area contributed by atoms with E-state index in [-0.39, 0.29) is 11.1 Å². The molecule has 0 unspecified atom stereocenters. The molecule has 0 saturated carbocycles. The molecule has 0 aliphatic rings. The maximum atomic E-state index is 13.6. The van der Waals surface area contributed by atoms with Crippen LogP contribution in [0.25, 0.3) is 11.1 Å². The van der Waals surface area contributed by atoms with Crippen molar-refractivity contribution in [2.45, 2.75) is 0 Å². The van der Waals surface area contributed by atoms with Gasteiger partial charge in [0, 0.05) is 17.2 Å². The van der Waals surface area contributed by atoms with E-state index in [4.69, 9.17) is 5.11 Å². The maximum Gasteiger partial charge on any atom is 0.353 e. The molecule has 2 rings (SSSR count). The van der Waals surface area contributed by atoms with Crippen LogP contribution in [0.2, 0.25) is 0 Å². The van der Waals surface area contributed by atoms with Gasteiger partial charge in [0.25, 0.3) is 0 Å². The van der Waals surface area contributed by atoms with Crippen LogP contribution in [0.4, 0.5) is 8.78 Å². The number of benzene rings is 1. The van der Waals surface area contributed by atoms with E-state index in [1.54, 1.807) is 0 Å². The van der Waals surface area contributed by atoms with Gasteiger partial charge in [-0.15, -0.1) is 0 Å². The lowest BCUT2D eigenvalue weighted by Crippen LogP contribution is -2.13. The second-order valence-corrected chi connectivity index (χ2v) is 3.52. The molecule has 1 aromatic heterocycles. The molecule has 0 aliphatic heterocycles. The summed E-state index contributed by atoms with van der Waals surface area (Å²) < 4.78 is 26.7. The molecular weight excluding hydrogens is 244 g/mol. The number of aromatic nitrogens is 1. The van der Waals surface area contributed by atoms with Crippen molar-refractivity contribution >= 4 is 5.97 Å². The van der Waals surface area contributed by atoms with Crippen molar-refractivity contribution in [2.75, 3.05) is 0 Å². The number of carbonyl (C=O) groups is 1. The number of aromatic carboxylic acids is 1. The number of carboxylic acids is 1. The number of hydrogen-bond acceptors (Lipinski definition) is 2. The van der Waals surface area contributed by atoms with E-state index in [9.17, 15) is 18.4 Å². The molecule has 0 saturated heterocycles. The van der Waals surface area contributed by atoms with Gasteiger partial charge in [0.1, 0.15) is 5.69 Å². The predicted molar refractivity (Wildman–Crippen MR) is 59.4 cm³/mol. The van der Waals surface area contributed by atoms with Crippen LogP contribution in [0.1, 0.15) is 10.5 Å². The van der Waals surface area contributed by atoms with Crippen molar-refractivity contribution in [3.8, 4) is 11.1 Å². The largest absolute Gasteiger partial charge is 0.477 e. The standard InChI is InChI=1S/C12H7F2NO3/c13-8-3-1-2-6(10(8)14)7-4-5-9(16)15-11(7)12(17)18/h1-5H,(H,15,16)(H,17,18). The Morgan fingerprint density at radius 1 is 1.11 bits per heavy atom. The van der Waals surface area contributed by atoms with Crippen LogP contribution in [0.15, 0.2) is 35.1 Å². The Morgan fingerprint density at radius 2 is 1.83 bits per heavy atom. The first-order chi connectivity index (χ1) is 8.50. The van der Waals surface area contributed by atoms with Gasteiger partial charge in [0.15, 0.2) is 11.6 Å². The molecule has 2 aromatic rings. The lowest BCUT2D eigenvalue weighted by atomic mass is 10.0. The average molecular weight is 251 g/mol. The first-order valence-electron chi connectivity index (χ1n) is 4.91. The minimum absolute atomic E-state index is 0.0842. The normalized spacial score (nSPS) is 10.3. The first kappa shape index (κ1) is 12.0. The Kier molecular flexibility index (Phi) is 2.93. The summed E-state index contributed by atoms with van der Waals surface area (Å²) in [4.78, 5) is 24.1. The van der Waals surface area contributed by atoms with Crippen molar-refractivity contribution in [1.29, 1.82) is 0 Å². The van der Waals surface area contributed by atoms with Gasteiger partial charge in [-0.3, -0.25) is 4.79 Å². The molecule has 0 bridgehead atoms. The molecule has 2 N–H and O–H groups in total. The Bertz CT molecular complexity index is 679. The fraction of sp³-hybridized carbons (Fsp3) is 0. The first-order valence-corrected chi connectivity index (χ1v) is 4.91. The predicted octanol–water partition coefficient (Wildman–Crippen LogP) is 2.02. The zero-order valence-corrected chi connectivity index (χ0v) is 8.91. The molecule has 6 heteroatoms. The van der Waals surface area contributed by atoms with E-state index in [0.29, 0.717) is 0 Å². The molecule has 1 aromatic carbocycles. The van der Waals surface area contributed by atoms with Crippen LogP contribution >= 0.6 is 0 Å². The van der Waals surface area contributed by atoms with Crippen molar-refractivity contribution < 1.29 is 18.7 Å². The monoisotopic (exact) mass is 251 g/mol. The van der Waals surface area contributed by atoms with Gasteiger partial charge < -0.3 is 10.1 Å². The summed E-state index contributed by atoms with van der Waals surface area (Å²) in [5, 5.41) is 8.93. The molecule has 92 valence electrons. The van der Waals surface area contributed by atoms with Crippen molar-refractivity contribution in [1.82, 2.24) is 4.98 Å². The highest BCUT2D eigenvalue weighted by Crippen LogP contribution is 2.25. The molecule has 0 atom stereocenters. The number of aromatic amines is 1. The van der Waals surface area contributed by atoms with Crippen LogP contribution in [0.3, 0.4) is 0 Å². The molecule has 0 radical (unpaired) electrons. The third-order valence-corrected chi connectivity index (χ3v) is 2.37. The third kappa shape index (κ3) is 2.00. The van der Waals surface area contributed by atoms with Crippen LogP contribution in [0, 0.1) is 11.6 Å². The van der Waals surface area contributed by atoms with Crippen LogP contribution in [-0.4, -0.2) is 16.1 Å². The van der Waals surface area contributed by atoms with Gasteiger partial charge in [-0.25, -0.2) is 13.6 Å². The molecule has 0 fully saturated rings. The summed E-state index contributed by atoms with van der Waals surface area (Å²) in [5.74, 6) is -3.67. The lowest BCUT2D eigenvalue weighted by molar-refractivity contribution is 0.0691. The molecule has 4 nitrogen and oxygen atoms in total. The summed E-state index contributed by atoms with van der Waals surface area (Å²) >= 11 is 0. The van der Waals surface area contributed by atoms with Crippen LogP contribution in [-0.2, 0) is 0 Å². The van der Waals surface area contributed by atoms with Crippen molar-refractivity contribution in [2.24, 2.45) is 0 Å². The fourth-order valence-corrected chi connectivity index (χ4v) is 1.58. The average Bonchev–Trinajstić information content (AvgIpc) is 2.33. The van der Waals surface area contributed by atoms with Gasteiger partial charge in [-0.05, 0) is 12.1 Å². The summed E-state index contributed by atoms with van der Waals surface area (Å²) in [7, 11) is 0. The van der Waals surface area contributed by atoms with Gasteiger partial charge in [0.05, 0.1) is 0 Å². The number of hydrogen-bond donors (Lipinski definition) is 2. The number of halogens is 2. The van der Waals surface area contributed by atoms with Gasteiger partial charge >= 0.3 is 5.97 Å². The van der Waals surface area contributed by atoms with E-state index < -0.39 is 28.9 Å². The fourth-order valence-electron chi connectivity index (χ4n) is 1.58. The molecule has 0 spiro atoms. The zero-order chi connectivity index (χ0) is 13.3. The summed E-state index contributed by atoms with van der Waals surface area (Å²) in [6.45, 7) is 0. The lowest BCUT2D eigenvalue weighted by Gasteiger charge is -2.07. The Morgan fingerprint density at radius 3 is 2.50 bits per heavy atom. The molecular formula is C12H7F2NO3. The molecule has 0 amide bonds. The number of pyridine rings is 1.